The Balaban J connectivity index is 2.01. The number of benzene rings is 1. The number of nitrogens with zero attached hydrogens (tertiary/aromatic N) is 1. The molecule has 98 valence electrons. The fraction of sp³-hybridized carbons (Fsp3) is 0.500. The van der Waals surface area contributed by atoms with Gasteiger partial charge in [-0.1, -0.05) is 25.0 Å². The highest BCUT2D eigenvalue weighted by molar-refractivity contribution is 5.90. The van der Waals surface area contributed by atoms with Crippen LogP contribution in [0.2, 0.25) is 0 Å². The zero-order valence-electron chi connectivity index (χ0n) is 10.8. The van der Waals surface area contributed by atoms with Crippen LogP contribution in [0.3, 0.4) is 0 Å². The molecule has 2 amide bonds. The molecular formula is C14H20N2O2. The average Bonchev–Trinajstić information content (AvgIpc) is 2.68. The van der Waals surface area contributed by atoms with Gasteiger partial charge in [-0.05, 0) is 25.0 Å². The summed E-state index contributed by atoms with van der Waals surface area (Å²) in [6, 6.07) is 7.45. The van der Waals surface area contributed by atoms with E-state index >= 15 is 0 Å². The van der Waals surface area contributed by atoms with Crippen LogP contribution >= 0.6 is 0 Å². The summed E-state index contributed by atoms with van der Waals surface area (Å²) in [5.41, 5.74) is 0.731. The summed E-state index contributed by atoms with van der Waals surface area (Å²) in [6.45, 7) is 1.70. The van der Waals surface area contributed by atoms with Gasteiger partial charge in [-0.3, -0.25) is 0 Å². The average molecular weight is 248 g/mol. The van der Waals surface area contributed by atoms with Crippen LogP contribution in [0.1, 0.15) is 25.7 Å². The van der Waals surface area contributed by atoms with E-state index in [4.69, 9.17) is 4.74 Å². The molecule has 1 aliphatic heterocycles. The molecule has 1 saturated heterocycles. The first-order chi connectivity index (χ1) is 8.81. The Morgan fingerprint density at radius 2 is 1.83 bits per heavy atom. The summed E-state index contributed by atoms with van der Waals surface area (Å²) >= 11 is 0. The van der Waals surface area contributed by atoms with E-state index in [0.29, 0.717) is 5.75 Å². The van der Waals surface area contributed by atoms with E-state index in [0.717, 1.165) is 31.6 Å². The van der Waals surface area contributed by atoms with Gasteiger partial charge < -0.3 is 15.0 Å². The van der Waals surface area contributed by atoms with Gasteiger partial charge in [0.05, 0.1) is 12.8 Å². The summed E-state index contributed by atoms with van der Waals surface area (Å²) in [4.78, 5) is 14.0. The number of para-hydroxylation sites is 2. The van der Waals surface area contributed by atoms with E-state index in [9.17, 15) is 4.79 Å². The van der Waals surface area contributed by atoms with Crippen molar-refractivity contribution in [3.05, 3.63) is 24.3 Å². The third-order valence-corrected chi connectivity index (χ3v) is 3.24. The summed E-state index contributed by atoms with van der Waals surface area (Å²) in [5, 5.41) is 2.92. The smallest absolute Gasteiger partial charge is 0.321 e. The fourth-order valence-corrected chi connectivity index (χ4v) is 2.22. The lowest BCUT2D eigenvalue weighted by Crippen LogP contribution is -2.35. The van der Waals surface area contributed by atoms with Crippen LogP contribution in [-0.4, -0.2) is 31.1 Å². The molecular weight excluding hydrogens is 228 g/mol. The molecule has 0 aliphatic carbocycles. The fourth-order valence-electron chi connectivity index (χ4n) is 2.22. The van der Waals surface area contributed by atoms with Crippen LogP contribution in [0.25, 0.3) is 0 Å². The lowest BCUT2D eigenvalue weighted by molar-refractivity contribution is 0.213. The topological polar surface area (TPSA) is 41.6 Å². The van der Waals surface area contributed by atoms with E-state index < -0.39 is 0 Å². The third-order valence-electron chi connectivity index (χ3n) is 3.24. The lowest BCUT2D eigenvalue weighted by Gasteiger charge is -2.21. The van der Waals surface area contributed by atoms with Gasteiger partial charge in [0, 0.05) is 13.1 Å². The Kier molecular flexibility index (Phi) is 4.45. The van der Waals surface area contributed by atoms with Crippen LogP contribution < -0.4 is 10.1 Å². The van der Waals surface area contributed by atoms with Gasteiger partial charge in [0.15, 0.2) is 0 Å². The largest absolute Gasteiger partial charge is 0.495 e. The minimum atomic E-state index is -0.0265. The first kappa shape index (κ1) is 12.7. The zero-order chi connectivity index (χ0) is 12.8. The molecule has 0 atom stereocenters. The molecule has 1 N–H and O–H groups in total. The van der Waals surface area contributed by atoms with Gasteiger partial charge in [0.2, 0.25) is 0 Å². The first-order valence-corrected chi connectivity index (χ1v) is 6.50. The van der Waals surface area contributed by atoms with Gasteiger partial charge in [-0.25, -0.2) is 4.79 Å². The number of hydrogen-bond donors (Lipinski definition) is 1. The number of amides is 2. The van der Waals surface area contributed by atoms with Crippen molar-refractivity contribution >= 4 is 11.7 Å². The van der Waals surface area contributed by atoms with Crippen molar-refractivity contribution in [1.82, 2.24) is 4.90 Å². The third kappa shape index (κ3) is 3.15. The Morgan fingerprint density at radius 1 is 1.17 bits per heavy atom. The number of hydrogen-bond acceptors (Lipinski definition) is 2. The molecule has 18 heavy (non-hydrogen) atoms. The summed E-state index contributed by atoms with van der Waals surface area (Å²) in [5.74, 6) is 0.695. The van der Waals surface area contributed by atoms with E-state index in [-0.39, 0.29) is 6.03 Å². The molecule has 2 rings (SSSR count). The monoisotopic (exact) mass is 248 g/mol. The summed E-state index contributed by atoms with van der Waals surface area (Å²) < 4.78 is 5.22. The number of carbonyl (C=O) groups is 1. The van der Waals surface area contributed by atoms with Gasteiger partial charge >= 0.3 is 6.03 Å². The molecule has 1 aliphatic rings. The van der Waals surface area contributed by atoms with E-state index in [1.807, 2.05) is 29.2 Å². The predicted molar refractivity (Wildman–Crippen MR) is 72.1 cm³/mol. The molecule has 0 aromatic heterocycles. The number of methoxy groups -OCH3 is 1. The zero-order valence-corrected chi connectivity index (χ0v) is 10.8. The van der Waals surface area contributed by atoms with Crippen molar-refractivity contribution in [1.29, 1.82) is 0 Å². The number of ether oxygens (including phenoxy) is 1. The first-order valence-electron chi connectivity index (χ1n) is 6.50. The molecule has 0 saturated carbocycles. The quantitative estimate of drug-likeness (QED) is 0.873. The van der Waals surface area contributed by atoms with Crippen LogP contribution in [0.4, 0.5) is 10.5 Å². The summed E-state index contributed by atoms with van der Waals surface area (Å²) in [7, 11) is 1.61. The standard InChI is InChI=1S/C14H20N2O2/c1-18-13-9-5-4-8-12(13)15-14(17)16-10-6-2-3-7-11-16/h4-5,8-9H,2-3,6-7,10-11H2,1H3,(H,15,17). The Hall–Kier alpha value is -1.71. The van der Waals surface area contributed by atoms with Crippen LogP contribution in [-0.2, 0) is 0 Å². The lowest BCUT2D eigenvalue weighted by atomic mass is 10.2. The van der Waals surface area contributed by atoms with E-state index in [1.165, 1.54) is 12.8 Å². The predicted octanol–water partition coefficient (Wildman–Crippen LogP) is 3.10. The van der Waals surface area contributed by atoms with Crippen molar-refractivity contribution in [3.8, 4) is 5.75 Å². The Labute approximate surface area is 108 Å². The number of rotatable bonds is 2. The summed E-state index contributed by atoms with van der Waals surface area (Å²) in [6.07, 6.45) is 4.63. The Bertz CT molecular complexity index is 399. The van der Waals surface area contributed by atoms with Crippen molar-refractivity contribution in [3.63, 3.8) is 0 Å². The van der Waals surface area contributed by atoms with Crippen molar-refractivity contribution in [2.45, 2.75) is 25.7 Å². The molecule has 1 aromatic carbocycles. The van der Waals surface area contributed by atoms with Gasteiger partial charge in [-0.15, -0.1) is 0 Å². The molecule has 0 spiro atoms. The van der Waals surface area contributed by atoms with Crippen molar-refractivity contribution in [2.75, 3.05) is 25.5 Å². The normalized spacial score (nSPS) is 15.9. The molecule has 1 heterocycles. The SMILES string of the molecule is COc1ccccc1NC(=O)N1CCCCCC1. The van der Waals surface area contributed by atoms with Gasteiger partial charge in [0.1, 0.15) is 5.75 Å². The second-order valence-corrected chi connectivity index (χ2v) is 4.53. The maximum atomic E-state index is 12.1. The highest BCUT2D eigenvalue weighted by Gasteiger charge is 2.16. The molecule has 4 heteroatoms. The molecule has 4 nitrogen and oxygen atoms in total. The second-order valence-electron chi connectivity index (χ2n) is 4.53. The number of anilines is 1. The molecule has 0 unspecified atom stereocenters. The molecule has 0 radical (unpaired) electrons. The van der Waals surface area contributed by atoms with Crippen molar-refractivity contribution < 1.29 is 9.53 Å². The minimum absolute atomic E-state index is 0.0265. The number of likely N-dealkylation sites (tertiary alicyclic amines) is 1. The van der Waals surface area contributed by atoms with Crippen LogP contribution in [0.5, 0.6) is 5.75 Å². The van der Waals surface area contributed by atoms with Crippen molar-refractivity contribution in [2.24, 2.45) is 0 Å². The van der Waals surface area contributed by atoms with Gasteiger partial charge in [-0.2, -0.15) is 0 Å². The van der Waals surface area contributed by atoms with E-state index in [1.54, 1.807) is 7.11 Å². The minimum Gasteiger partial charge on any atom is -0.495 e. The number of urea groups is 1. The molecule has 1 aromatic rings. The number of carbonyl (C=O) groups excluding carboxylic acids is 1. The second kappa shape index (κ2) is 6.28. The Morgan fingerprint density at radius 3 is 2.50 bits per heavy atom. The molecule has 0 bridgehead atoms. The molecule has 1 fully saturated rings. The maximum Gasteiger partial charge on any atom is 0.321 e. The highest BCUT2D eigenvalue weighted by Crippen LogP contribution is 2.23. The number of nitrogens with one attached hydrogen (secondary N) is 1. The maximum absolute atomic E-state index is 12.1. The van der Waals surface area contributed by atoms with Crippen LogP contribution in [0, 0.1) is 0 Å². The van der Waals surface area contributed by atoms with E-state index in [2.05, 4.69) is 5.32 Å². The highest BCUT2D eigenvalue weighted by atomic mass is 16.5. The van der Waals surface area contributed by atoms with Crippen LogP contribution in [0.15, 0.2) is 24.3 Å². The van der Waals surface area contributed by atoms with Gasteiger partial charge in [0.25, 0.3) is 0 Å².